The van der Waals surface area contributed by atoms with Gasteiger partial charge in [-0.05, 0) is 60.5 Å². The molecule has 0 aliphatic carbocycles. The second-order valence-electron chi connectivity index (χ2n) is 7.38. The van der Waals surface area contributed by atoms with Gasteiger partial charge in [-0.3, -0.25) is 4.79 Å². The highest BCUT2D eigenvalue weighted by Crippen LogP contribution is 2.34. The fourth-order valence-electron chi connectivity index (χ4n) is 3.29. The first-order chi connectivity index (χ1) is 16.6. The average Bonchev–Trinajstić information content (AvgIpc) is 2.80. The molecule has 0 fully saturated rings. The van der Waals surface area contributed by atoms with Crippen molar-refractivity contribution in [2.45, 2.75) is 19.5 Å². The number of hydrogen-bond donors (Lipinski definition) is 1. The molecule has 0 unspecified atom stereocenters. The first-order valence-electron chi connectivity index (χ1n) is 10.4. The minimum atomic E-state index is -4.55. The molecule has 3 rings (SSSR count). The predicted octanol–water partition coefficient (Wildman–Crippen LogP) is 7.77. The minimum absolute atomic E-state index is 0.0639. The monoisotopic (exact) mass is 606 g/mol. The summed E-state index contributed by atoms with van der Waals surface area (Å²) in [6.07, 6.45) is -2.62. The topological polar surface area (TPSA) is 62.1 Å². The summed E-state index contributed by atoms with van der Waals surface area (Å²) in [4.78, 5) is 12.6. The Morgan fingerprint density at radius 2 is 1.83 bits per heavy atom. The lowest BCUT2D eigenvalue weighted by Gasteiger charge is -2.15. The van der Waals surface area contributed by atoms with Crippen LogP contribution in [0.5, 0.6) is 5.75 Å². The minimum Gasteiger partial charge on any atom is -0.494 e. The number of rotatable bonds is 7. The highest BCUT2D eigenvalue weighted by molar-refractivity contribution is 9.10. The van der Waals surface area contributed by atoms with Gasteiger partial charge in [-0.1, -0.05) is 56.1 Å². The SMILES string of the molecule is CCOc1cc(/C=C(\C#N)C(=O)Nc2cccc(C(F)(F)F)c2)cc(Br)c1Cc1ccccc1Br. The Morgan fingerprint density at radius 3 is 2.49 bits per heavy atom. The number of amides is 1. The summed E-state index contributed by atoms with van der Waals surface area (Å²) in [7, 11) is 0. The van der Waals surface area contributed by atoms with Gasteiger partial charge in [0.25, 0.3) is 5.91 Å². The molecule has 0 aliphatic heterocycles. The number of nitrogens with one attached hydrogen (secondary N) is 1. The van der Waals surface area contributed by atoms with Crippen LogP contribution in [0.2, 0.25) is 0 Å². The van der Waals surface area contributed by atoms with Crippen LogP contribution in [0.15, 0.2) is 75.2 Å². The van der Waals surface area contributed by atoms with E-state index in [1.165, 1.54) is 18.2 Å². The summed E-state index contributed by atoms with van der Waals surface area (Å²) in [5, 5.41) is 11.9. The Kier molecular flexibility index (Phi) is 8.76. The highest BCUT2D eigenvalue weighted by Gasteiger charge is 2.30. The maximum Gasteiger partial charge on any atom is 0.416 e. The number of alkyl halides is 3. The van der Waals surface area contributed by atoms with Gasteiger partial charge in [0.2, 0.25) is 0 Å². The lowest BCUT2D eigenvalue weighted by molar-refractivity contribution is -0.137. The molecular formula is C26H19Br2F3N2O2. The normalized spacial score (nSPS) is 11.6. The molecule has 4 nitrogen and oxygen atoms in total. The molecule has 0 aliphatic rings. The summed E-state index contributed by atoms with van der Waals surface area (Å²) in [6, 6.07) is 17.3. The van der Waals surface area contributed by atoms with Crippen molar-refractivity contribution in [1.82, 2.24) is 0 Å². The van der Waals surface area contributed by atoms with Crippen molar-refractivity contribution in [3.63, 3.8) is 0 Å². The van der Waals surface area contributed by atoms with Gasteiger partial charge in [0.15, 0.2) is 0 Å². The third kappa shape index (κ3) is 6.96. The molecule has 180 valence electrons. The van der Waals surface area contributed by atoms with E-state index < -0.39 is 17.6 Å². The summed E-state index contributed by atoms with van der Waals surface area (Å²) < 4.78 is 46.4. The second-order valence-corrected chi connectivity index (χ2v) is 9.09. The van der Waals surface area contributed by atoms with E-state index in [0.29, 0.717) is 24.3 Å². The maximum atomic E-state index is 13.0. The Hall–Kier alpha value is -3.09. The van der Waals surface area contributed by atoms with E-state index >= 15 is 0 Å². The van der Waals surface area contributed by atoms with Crippen molar-refractivity contribution in [1.29, 1.82) is 5.26 Å². The van der Waals surface area contributed by atoms with Crippen molar-refractivity contribution in [2.75, 3.05) is 11.9 Å². The third-order valence-electron chi connectivity index (χ3n) is 4.93. The van der Waals surface area contributed by atoms with E-state index in [4.69, 9.17) is 4.74 Å². The number of anilines is 1. The first kappa shape index (κ1) is 26.5. The van der Waals surface area contributed by atoms with Gasteiger partial charge in [-0.25, -0.2) is 0 Å². The molecule has 0 atom stereocenters. The molecule has 3 aromatic rings. The van der Waals surface area contributed by atoms with E-state index in [1.54, 1.807) is 12.1 Å². The van der Waals surface area contributed by atoms with E-state index in [1.807, 2.05) is 37.3 Å². The third-order valence-corrected chi connectivity index (χ3v) is 6.41. The Labute approximate surface area is 217 Å². The van der Waals surface area contributed by atoms with Crippen LogP contribution in [-0.4, -0.2) is 12.5 Å². The van der Waals surface area contributed by atoms with Crippen molar-refractivity contribution in [3.8, 4) is 11.8 Å². The second kappa shape index (κ2) is 11.6. The predicted molar refractivity (Wildman–Crippen MR) is 136 cm³/mol. The number of ether oxygens (including phenoxy) is 1. The van der Waals surface area contributed by atoms with Gasteiger partial charge in [-0.15, -0.1) is 0 Å². The maximum absolute atomic E-state index is 13.0. The number of halogens is 5. The van der Waals surface area contributed by atoms with Gasteiger partial charge < -0.3 is 10.1 Å². The quantitative estimate of drug-likeness (QED) is 0.220. The zero-order chi connectivity index (χ0) is 25.6. The fraction of sp³-hybridized carbons (Fsp3) is 0.154. The van der Waals surface area contributed by atoms with Crippen molar-refractivity contribution < 1.29 is 22.7 Å². The lowest BCUT2D eigenvalue weighted by Crippen LogP contribution is -2.14. The Bertz CT molecular complexity index is 1310. The van der Waals surface area contributed by atoms with Crippen LogP contribution >= 0.6 is 31.9 Å². The summed E-state index contributed by atoms with van der Waals surface area (Å²) >= 11 is 7.11. The first-order valence-corrected chi connectivity index (χ1v) is 12.0. The fourth-order valence-corrected chi connectivity index (χ4v) is 4.31. The molecule has 9 heteroatoms. The van der Waals surface area contributed by atoms with Crippen molar-refractivity contribution in [2.24, 2.45) is 0 Å². The van der Waals surface area contributed by atoms with Crippen LogP contribution in [0.25, 0.3) is 6.08 Å². The highest BCUT2D eigenvalue weighted by atomic mass is 79.9. The largest absolute Gasteiger partial charge is 0.494 e. The zero-order valence-corrected chi connectivity index (χ0v) is 21.6. The molecule has 0 spiro atoms. The van der Waals surface area contributed by atoms with Crippen LogP contribution in [-0.2, 0) is 17.4 Å². The van der Waals surface area contributed by atoms with Crippen LogP contribution in [0.1, 0.15) is 29.2 Å². The zero-order valence-electron chi connectivity index (χ0n) is 18.4. The van der Waals surface area contributed by atoms with Crippen LogP contribution in [0, 0.1) is 11.3 Å². The number of carbonyl (C=O) groups is 1. The smallest absolute Gasteiger partial charge is 0.416 e. The van der Waals surface area contributed by atoms with E-state index in [2.05, 4.69) is 37.2 Å². The summed E-state index contributed by atoms with van der Waals surface area (Å²) in [6.45, 7) is 2.26. The van der Waals surface area contributed by atoms with Crippen molar-refractivity contribution in [3.05, 3.63) is 97.4 Å². The van der Waals surface area contributed by atoms with Gasteiger partial charge >= 0.3 is 6.18 Å². The van der Waals surface area contributed by atoms with Gasteiger partial charge in [-0.2, -0.15) is 18.4 Å². The number of carbonyl (C=O) groups excluding carboxylic acids is 1. The summed E-state index contributed by atoms with van der Waals surface area (Å²) in [5.41, 5.74) is 1.23. The van der Waals surface area contributed by atoms with E-state index in [-0.39, 0.29) is 11.3 Å². The number of hydrogen-bond acceptors (Lipinski definition) is 3. The van der Waals surface area contributed by atoms with Gasteiger partial charge in [0.05, 0.1) is 12.2 Å². The van der Waals surface area contributed by atoms with E-state index in [0.717, 1.165) is 32.2 Å². The Morgan fingerprint density at radius 1 is 1.09 bits per heavy atom. The van der Waals surface area contributed by atoms with Gasteiger partial charge in [0, 0.05) is 26.6 Å². The number of nitrogens with zero attached hydrogens (tertiary/aromatic N) is 1. The van der Waals surface area contributed by atoms with Gasteiger partial charge in [0.1, 0.15) is 17.4 Å². The van der Waals surface area contributed by atoms with Crippen LogP contribution in [0.3, 0.4) is 0 Å². The molecule has 0 bridgehead atoms. The molecule has 0 aromatic heterocycles. The molecule has 1 amide bonds. The standard InChI is InChI=1S/C26H19Br2F3N2O2/c1-2-35-24-12-16(11-23(28)21(24)13-17-6-3-4-9-22(17)27)10-18(15-32)25(34)33-20-8-5-7-19(14-20)26(29,30)31/h3-12,14H,2,13H2,1H3,(H,33,34)/b18-10+. The Balaban J connectivity index is 1.91. The molecule has 0 radical (unpaired) electrons. The summed E-state index contributed by atoms with van der Waals surface area (Å²) in [5.74, 6) is -0.238. The lowest BCUT2D eigenvalue weighted by atomic mass is 10.0. The molecule has 35 heavy (non-hydrogen) atoms. The van der Waals surface area contributed by atoms with E-state index in [9.17, 15) is 23.2 Å². The van der Waals surface area contributed by atoms with Crippen molar-refractivity contribution >= 4 is 49.5 Å². The molecule has 0 saturated carbocycles. The van der Waals surface area contributed by atoms with Crippen LogP contribution in [0.4, 0.5) is 18.9 Å². The molecule has 0 heterocycles. The molecule has 0 saturated heterocycles. The average molecular weight is 608 g/mol. The van der Waals surface area contributed by atoms with Crippen LogP contribution < -0.4 is 10.1 Å². The molecule has 1 N–H and O–H groups in total. The molecular weight excluding hydrogens is 589 g/mol. The number of benzene rings is 3. The number of nitriles is 1. The molecule has 3 aromatic carbocycles.